The summed E-state index contributed by atoms with van der Waals surface area (Å²) in [5.41, 5.74) is 5.48. The number of nitrogens with two attached hydrogens (primary N) is 1. The minimum absolute atomic E-state index is 0.0484. The number of primary amides is 1. The molecule has 0 spiro atoms. The lowest BCUT2D eigenvalue weighted by atomic mass is 9.99. The van der Waals surface area contributed by atoms with E-state index >= 15 is 0 Å². The van der Waals surface area contributed by atoms with Gasteiger partial charge in [0.05, 0.1) is 11.6 Å². The van der Waals surface area contributed by atoms with Crippen LogP contribution in [0.1, 0.15) is 17.3 Å². The third-order valence-corrected chi connectivity index (χ3v) is 3.50. The zero-order valence-corrected chi connectivity index (χ0v) is 10.5. The Morgan fingerprint density at radius 2 is 2.11 bits per heavy atom. The number of amides is 1. The fraction of sp³-hybridized carbons (Fsp3) is 0.385. The summed E-state index contributed by atoms with van der Waals surface area (Å²) in [6.07, 6.45) is 0. The van der Waals surface area contributed by atoms with Gasteiger partial charge in [-0.05, 0) is 24.1 Å². The number of hydrogen-bond acceptors (Lipinski definition) is 3. The molecule has 1 aliphatic rings. The number of anilines is 1. The number of nitrogens with zero attached hydrogens (tertiary/aromatic N) is 1. The van der Waals surface area contributed by atoms with Crippen molar-refractivity contribution in [2.24, 2.45) is 17.6 Å². The van der Waals surface area contributed by atoms with Gasteiger partial charge in [-0.3, -0.25) is 9.59 Å². The molecular weight excluding hydrogens is 251 g/mol. The molecule has 1 saturated heterocycles. The first kappa shape index (κ1) is 13.3. The largest absolute Gasteiger partial charge is 0.481 e. The van der Waals surface area contributed by atoms with Gasteiger partial charge in [-0.1, -0.05) is 6.92 Å². The minimum Gasteiger partial charge on any atom is -0.481 e. The van der Waals surface area contributed by atoms with Crippen LogP contribution in [0.15, 0.2) is 18.2 Å². The fourth-order valence-electron chi connectivity index (χ4n) is 2.40. The topological polar surface area (TPSA) is 83.6 Å². The van der Waals surface area contributed by atoms with Gasteiger partial charge in [0.1, 0.15) is 5.82 Å². The number of hydrogen-bond donors (Lipinski definition) is 2. The number of carbonyl (C=O) groups is 2. The van der Waals surface area contributed by atoms with E-state index in [2.05, 4.69) is 0 Å². The van der Waals surface area contributed by atoms with E-state index in [1.807, 2.05) is 6.92 Å². The molecule has 5 nitrogen and oxygen atoms in total. The van der Waals surface area contributed by atoms with Crippen LogP contribution in [0.25, 0.3) is 0 Å². The summed E-state index contributed by atoms with van der Waals surface area (Å²) in [6, 6.07) is 3.99. The lowest BCUT2D eigenvalue weighted by molar-refractivity contribution is -0.142. The summed E-state index contributed by atoms with van der Waals surface area (Å²) in [5, 5.41) is 9.05. The van der Waals surface area contributed by atoms with Gasteiger partial charge >= 0.3 is 5.97 Å². The molecule has 0 radical (unpaired) electrons. The molecular formula is C13H15FN2O3. The molecule has 102 valence electrons. The van der Waals surface area contributed by atoms with Gasteiger partial charge in [-0.25, -0.2) is 4.39 Å². The van der Waals surface area contributed by atoms with E-state index < -0.39 is 23.6 Å². The van der Waals surface area contributed by atoms with Crippen LogP contribution in [0, 0.1) is 17.7 Å². The highest BCUT2D eigenvalue weighted by molar-refractivity contribution is 5.93. The van der Waals surface area contributed by atoms with Crippen LogP contribution in [0.4, 0.5) is 10.1 Å². The molecule has 0 aromatic heterocycles. The number of halogens is 1. The maximum Gasteiger partial charge on any atom is 0.308 e. The van der Waals surface area contributed by atoms with Crippen molar-refractivity contribution >= 4 is 17.6 Å². The minimum atomic E-state index is -0.871. The van der Waals surface area contributed by atoms with Gasteiger partial charge in [0.15, 0.2) is 0 Å². The second-order valence-electron chi connectivity index (χ2n) is 4.86. The maximum atomic E-state index is 13.9. The smallest absolute Gasteiger partial charge is 0.308 e. The number of carboxylic acids is 1. The highest BCUT2D eigenvalue weighted by Crippen LogP contribution is 2.30. The molecule has 1 heterocycles. The van der Waals surface area contributed by atoms with Gasteiger partial charge in [-0.15, -0.1) is 0 Å². The van der Waals surface area contributed by atoms with Crippen LogP contribution < -0.4 is 10.6 Å². The monoisotopic (exact) mass is 266 g/mol. The second kappa shape index (κ2) is 4.87. The van der Waals surface area contributed by atoms with E-state index in [4.69, 9.17) is 10.8 Å². The summed E-state index contributed by atoms with van der Waals surface area (Å²) in [5.74, 6) is -2.68. The summed E-state index contributed by atoms with van der Waals surface area (Å²) < 4.78 is 13.9. The average molecular weight is 266 g/mol. The molecule has 1 amide bonds. The van der Waals surface area contributed by atoms with Crippen molar-refractivity contribution in [1.29, 1.82) is 0 Å². The quantitative estimate of drug-likeness (QED) is 0.857. The van der Waals surface area contributed by atoms with Crippen LogP contribution in [0.5, 0.6) is 0 Å². The maximum absolute atomic E-state index is 13.9. The Hall–Kier alpha value is -2.11. The summed E-state index contributed by atoms with van der Waals surface area (Å²) in [4.78, 5) is 23.7. The van der Waals surface area contributed by atoms with E-state index in [1.54, 1.807) is 4.90 Å². The normalized spacial score (nSPS) is 22.5. The lowest BCUT2D eigenvalue weighted by Crippen LogP contribution is -2.24. The van der Waals surface area contributed by atoms with E-state index in [0.717, 1.165) is 6.07 Å². The number of benzene rings is 1. The van der Waals surface area contributed by atoms with Crippen LogP contribution in [0.2, 0.25) is 0 Å². The highest BCUT2D eigenvalue weighted by atomic mass is 19.1. The molecule has 1 aromatic carbocycles. The zero-order chi connectivity index (χ0) is 14.2. The van der Waals surface area contributed by atoms with Crippen molar-refractivity contribution in [2.75, 3.05) is 18.0 Å². The Labute approximate surface area is 109 Å². The van der Waals surface area contributed by atoms with Gasteiger partial charge < -0.3 is 15.7 Å². The van der Waals surface area contributed by atoms with Crippen molar-refractivity contribution in [1.82, 2.24) is 0 Å². The summed E-state index contributed by atoms with van der Waals surface area (Å²) in [7, 11) is 0. The van der Waals surface area contributed by atoms with Crippen molar-refractivity contribution in [3.8, 4) is 0 Å². The van der Waals surface area contributed by atoms with Gasteiger partial charge in [-0.2, -0.15) is 0 Å². The third kappa shape index (κ3) is 2.52. The van der Waals surface area contributed by atoms with Crippen molar-refractivity contribution in [3.05, 3.63) is 29.6 Å². The molecule has 0 saturated carbocycles. The molecule has 2 unspecified atom stereocenters. The van der Waals surface area contributed by atoms with Crippen LogP contribution >= 0.6 is 0 Å². The average Bonchev–Trinajstić information content (AvgIpc) is 2.71. The standard InChI is InChI=1S/C13H15FN2O3/c1-7-5-16(6-9(7)13(18)19)11-3-2-8(12(15)17)4-10(11)14/h2-4,7,9H,5-6H2,1H3,(H2,15,17)(H,18,19). The molecule has 6 heteroatoms. The molecule has 1 aromatic rings. The first-order valence-corrected chi connectivity index (χ1v) is 5.97. The number of aliphatic carboxylic acids is 1. The van der Waals surface area contributed by atoms with Gasteiger partial charge in [0, 0.05) is 18.7 Å². The van der Waals surface area contributed by atoms with E-state index in [1.165, 1.54) is 12.1 Å². The first-order valence-electron chi connectivity index (χ1n) is 5.97. The number of rotatable bonds is 3. The van der Waals surface area contributed by atoms with Crippen molar-refractivity contribution in [3.63, 3.8) is 0 Å². The first-order chi connectivity index (χ1) is 8.90. The third-order valence-electron chi connectivity index (χ3n) is 3.50. The zero-order valence-electron chi connectivity index (χ0n) is 10.5. The Bertz CT molecular complexity index is 533. The molecule has 3 N–H and O–H groups in total. The summed E-state index contributed by atoms with van der Waals surface area (Å²) >= 11 is 0. The van der Waals surface area contributed by atoms with Crippen LogP contribution in [0.3, 0.4) is 0 Å². The van der Waals surface area contributed by atoms with E-state index in [0.29, 0.717) is 12.2 Å². The molecule has 2 rings (SSSR count). The number of carbonyl (C=O) groups excluding carboxylic acids is 1. The Balaban J connectivity index is 2.24. The molecule has 19 heavy (non-hydrogen) atoms. The van der Waals surface area contributed by atoms with Gasteiger partial charge in [0.2, 0.25) is 5.91 Å². The molecule has 0 bridgehead atoms. The Morgan fingerprint density at radius 1 is 1.42 bits per heavy atom. The second-order valence-corrected chi connectivity index (χ2v) is 4.86. The molecule has 1 aliphatic heterocycles. The summed E-state index contributed by atoms with van der Waals surface area (Å²) in [6.45, 7) is 2.57. The lowest BCUT2D eigenvalue weighted by Gasteiger charge is -2.19. The van der Waals surface area contributed by atoms with Crippen LogP contribution in [-0.2, 0) is 4.79 Å². The molecule has 2 atom stereocenters. The SMILES string of the molecule is CC1CN(c2ccc(C(N)=O)cc2F)CC1C(=O)O. The highest BCUT2D eigenvalue weighted by Gasteiger charge is 2.35. The Kier molecular flexibility index (Phi) is 3.42. The molecule has 1 fully saturated rings. The van der Waals surface area contributed by atoms with E-state index in [-0.39, 0.29) is 18.0 Å². The van der Waals surface area contributed by atoms with E-state index in [9.17, 15) is 14.0 Å². The Morgan fingerprint density at radius 3 is 2.58 bits per heavy atom. The van der Waals surface area contributed by atoms with Crippen LogP contribution in [-0.4, -0.2) is 30.1 Å². The van der Waals surface area contributed by atoms with Crippen molar-refractivity contribution in [2.45, 2.75) is 6.92 Å². The predicted molar refractivity (Wildman–Crippen MR) is 67.4 cm³/mol. The fourth-order valence-corrected chi connectivity index (χ4v) is 2.40. The van der Waals surface area contributed by atoms with Gasteiger partial charge in [0.25, 0.3) is 0 Å². The molecule has 0 aliphatic carbocycles. The number of carboxylic acid groups (broad SMARTS) is 1. The van der Waals surface area contributed by atoms with Crippen molar-refractivity contribution < 1.29 is 19.1 Å². The predicted octanol–water partition coefficient (Wildman–Crippen LogP) is 1.08.